The molecule has 2 rings (SSSR count). The second-order valence-corrected chi connectivity index (χ2v) is 9.03. The van der Waals surface area contributed by atoms with Crippen LogP contribution < -0.4 is 5.32 Å². The van der Waals surface area contributed by atoms with Crippen LogP contribution in [0.5, 0.6) is 0 Å². The summed E-state index contributed by atoms with van der Waals surface area (Å²) in [5, 5.41) is 4.71. The molecule has 1 N–H and O–H groups in total. The third kappa shape index (κ3) is 7.01. The lowest BCUT2D eigenvalue weighted by atomic mass is 10.1. The quantitative estimate of drug-likeness (QED) is 0.421. The second-order valence-electron chi connectivity index (χ2n) is 7.38. The zero-order valence-electron chi connectivity index (χ0n) is 17.7. The van der Waals surface area contributed by atoms with Gasteiger partial charge in [-0.1, -0.05) is 72.4 Å². The average molecular weight is 504 g/mol. The molecule has 31 heavy (non-hydrogen) atoms. The number of carbonyl (C=O) groups is 2. The van der Waals surface area contributed by atoms with Gasteiger partial charge < -0.3 is 10.2 Å². The van der Waals surface area contributed by atoms with E-state index in [9.17, 15) is 9.59 Å². The molecule has 4 nitrogen and oxygen atoms in total. The summed E-state index contributed by atoms with van der Waals surface area (Å²) in [7, 11) is 0. The minimum absolute atomic E-state index is 0.00404. The molecule has 0 aliphatic carbocycles. The van der Waals surface area contributed by atoms with Gasteiger partial charge in [0.2, 0.25) is 11.8 Å². The van der Waals surface area contributed by atoms with E-state index in [2.05, 4.69) is 5.32 Å². The molecule has 2 aromatic rings. The van der Waals surface area contributed by atoms with E-state index in [-0.39, 0.29) is 30.8 Å². The average Bonchev–Trinajstić information content (AvgIpc) is 2.71. The van der Waals surface area contributed by atoms with Crippen LogP contribution in [0.4, 0.5) is 0 Å². The van der Waals surface area contributed by atoms with Gasteiger partial charge in [-0.2, -0.15) is 0 Å². The highest BCUT2D eigenvalue weighted by Crippen LogP contribution is 2.27. The Bertz CT molecular complexity index is 916. The fourth-order valence-electron chi connectivity index (χ4n) is 3.15. The van der Waals surface area contributed by atoms with Gasteiger partial charge in [-0.25, -0.2) is 0 Å². The van der Waals surface area contributed by atoms with Crippen molar-refractivity contribution < 1.29 is 9.59 Å². The van der Waals surface area contributed by atoms with E-state index in [1.165, 1.54) is 4.90 Å². The van der Waals surface area contributed by atoms with E-state index in [1.807, 2.05) is 20.8 Å². The van der Waals surface area contributed by atoms with Crippen LogP contribution in [-0.2, 0) is 22.6 Å². The molecule has 0 saturated carbocycles. The molecule has 0 aromatic heterocycles. The molecular formula is C23H26Cl4N2O2. The van der Waals surface area contributed by atoms with Crippen LogP contribution in [0.25, 0.3) is 0 Å². The first-order chi connectivity index (χ1) is 14.7. The maximum absolute atomic E-state index is 13.4. The van der Waals surface area contributed by atoms with Crippen LogP contribution in [0, 0.1) is 0 Å². The zero-order valence-corrected chi connectivity index (χ0v) is 20.7. The summed E-state index contributed by atoms with van der Waals surface area (Å²) in [6.45, 7) is 5.94. The highest BCUT2D eigenvalue weighted by atomic mass is 35.5. The molecule has 0 radical (unpaired) electrons. The van der Waals surface area contributed by atoms with E-state index in [0.29, 0.717) is 37.6 Å². The molecule has 0 spiro atoms. The lowest BCUT2D eigenvalue weighted by Gasteiger charge is -2.32. The highest BCUT2D eigenvalue weighted by Gasteiger charge is 2.30. The molecular weight excluding hydrogens is 478 g/mol. The smallest absolute Gasteiger partial charge is 0.243 e. The number of amides is 2. The fraction of sp³-hybridized carbons (Fsp3) is 0.391. The third-order valence-corrected chi connectivity index (χ3v) is 6.43. The summed E-state index contributed by atoms with van der Waals surface area (Å²) < 4.78 is 0. The summed E-state index contributed by atoms with van der Waals surface area (Å²) in [6.07, 6.45) is 1.20. The van der Waals surface area contributed by atoms with Crippen molar-refractivity contribution in [1.82, 2.24) is 10.2 Å². The maximum Gasteiger partial charge on any atom is 0.243 e. The van der Waals surface area contributed by atoms with Gasteiger partial charge in [0.1, 0.15) is 6.04 Å². The van der Waals surface area contributed by atoms with Crippen molar-refractivity contribution >= 4 is 58.2 Å². The van der Waals surface area contributed by atoms with Crippen molar-refractivity contribution in [2.75, 3.05) is 0 Å². The zero-order chi connectivity index (χ0) is 23.1. The Labute approximate surface area is 203 Å². The number of carbonyl (C=O) groups excluding carboxylic acids is 2. The predicted octanol–water partition coefficient (Wildman–Crippen LogP) is 6.56. The van der Waals surface area contributed by atoms with E-state index in [4.69, 9.17) is 46.4 Å². The first kappa shape index (κ1) is 25.8. The van der Waals surface area contributed by atoms with Crippen LogP contribution in [0.15, 0.2) is 36.4 Å². The van der Waals surface area contributed by atoms with E-state index in [1.54, 1.807) is 36.4 Å². The number of rotatable bonds is 9. The Kier molecular flexibility index (Phi) is 9.95. The standard InChI is InChI=1S/C23H26Cl4N2O2/c1-4-14(3)28-23(31)21(5-2)29(13-15-9-10-16(24)11-20(15)27)22(30)12-17-18(25)7-6-8-19(17)26/h6-11,14,21H,4-5,12-13H2,1-3H3,(H,28,31). The number of benzene rings is 2. The van der Waals surface area contributed by atoms with Crippen LogP contribution >= 0.6 is 46.4 Å². The Morgan fingerprint density at radius 2 is 1.61 bits per heavy atom. The van der Waals surface area contributed by atoms with Gasteiger partial charge in [0.25, 0.3) is 0 Å². The fourth-order valence-corrected chi connectivity index (χ4v) is 4.15. The molecule has 0 heterocycles. The van der Waals surface area contributed by atoms with Crippen LogP contribution in [0.1, 0.15) is 44.7 Å². The minimum Gasteiger partial charge on any atom is -0.352 e. The summed E-state index contributed by atoms with van der Waals surface area (Å²) in [5.74, 6) is -0.479. The first-order valence-corrected chi connectivity index (χ1v) is 11.7. The molecule has 2 aromatic carbocycles. The van der Waals surface area contributed by atoms with Crippen molar-refractivity contribution in [1.29, 1.82) is 0 Å². The Morgan fingerprint density at radius 1 is 0.968 bits per heavy atom. The number of halogens is 4. The topological polar surface area (TPSA) is 49.4 Å². The summed E-state index contributed by atoms with van der Waals surface area (Å²) >= 11 is 24.9. The van der Waals surface area contributed by atoms with Crippen LogP contribution in [0.3, 0.4) is 0 Å². The van der Waals surface area contributed by atoms with E-state index >= 15 is 0 Å². The van der Waals surface area contributed by atoms with Crippen molar-refractivity contribution in [2.24, 2.45) is 0 Å². The van der Waals surface area contributed by atoms with Gasteiger partial charge in [-0.3, -0.25) is 9.59 Å². The summed E-state index contributed by atoms with van der Waals surface area (Å²) in [6, 6.07) is 9.49. The van der Waals surface area contributed by atoms with Crippen molar-refractivity contribution in [3.8, 4) is 0 Å². The highest BCUT2D eigenvalue weighted by molar-refractivity contribution is 6.36. The van der Waals surface area contributed by atoms with Gasteiger partial charge in [-0.15, -0.1) is 0 Å². The van der Waals surface area contributed by atoms with Gasteiger partial charge >= 0.3 is 0 Å². The Hall–Kier alpha value is -1.46. The van der Waals surface area contributed by atoms with Gasteiger partial charge in [0.15, 0.2) is 0 Å². The van der Waals surface area contributed by atoms with E-state index < -0.39 is 6.04 Å². The maximum atomic E-state index is 13.4. The Balaban J connectivity index is 2.40. The van der Waals surface area contributed by atoms with E-state index in [0.717, 1.165) is 6.42 Å². The number of nitrogens with zero attached hydrogens (tertiary/aromatic N) is 1. The molecule has 2 unspecified atom stereocenters. The minimum atomic E-state index is -0.672. The molecule has 0 aliphatic rings. The predicted molar refractivity (Wildman–Crippen MR) is 129 cm³/mol. The van der Waals surface area contributed by atoms with Crippen molar-refractivity contribution in [2.45, 2.75) is 58.7 Å². The van der Waals surface area contributed by atoms with Crippen molar-refractivity contribution in [3.63, 3.8) is 0 Å². The van der Waals surface area contributed by atoms with Gasteiger partial charge in [0, 0.05) is 32.7 Å². The number of hydrogen-bond acceptors (Lipinski definition) is 2. The van der Waals surface area contributed by atoms with Crippen molar-refractivity contribution in [3.05, 3.63) is 67.6 Å². The molecule has 0 fully saturated rings. The number of hydrogen-bond donors (Lipinski definition) is 1. The lowest BCUT2D eigenvalue weighted by Crippen LogP contribution is -2.51. The second kappa shape index (κ2) is 12.0. The van der Waals surface area contributed by atoms with Crippen LogP contribution in [0.2, 0.25) is 20.1 Å². The molecule has 0 bridgehead atoms. The molecule has 0 aliphatic heterocycles. The number of nitrogens with one attached hydrogen (secondary N) is 1. The first-order valence-electron chi connectivity index (χ1n) is 10.1. The molecule has 2 atom stereocenters. The monoisotopic (exact) mass is 502 g/mol. The SMILES string of the molecule is CCC(C)NC(=O)C(CC)N(Cc1ccc(Cl)cc1Cl)C(=O)Cc1c(Cl)cccc1Cl. The summed E-state index contributed by atoms with van der Waals surface area (Å²) in [4.78, 5) is 27.9. The lowest BCUT2D eigenvalue weighted by molar-refractivity contribution is -0.141. The summed E-state index contributed by atoms with van der Waals surface area (Å²) in [5.41, 5.74) is 1.22. The molecule has 2 amide bonds. The Morgan fingerprint density at radius 3 is 2.16 bits per heavy atom. The largest absolute Gasteiger partial charge is 0.352 e. The molecule has 0 saturated heterocycles. The van der Waals surface area contributed by atoms with Gasteiger partial charge in [0.05, 0.1) is 6.42 Å². The normalized spacial score (nSPS) is 12.9. The molecule has 168 valence electrons. The van der Waals surface area contributed by atoms with Crippen LogP contribution in [-0.4, -0.2) is 28.8 Å². The molecule has 8 heteroatoms. The van der Waals surface area contributed by atoms with Gasteiger partial charge in [-0.05, 0) is 55.2 Å². The third-order valence-electron chi connectivity index (χ3n) is 5.13.